The average Bonchev–Trinajstić information content (AvgIpc) is 2.87. The van der Waals surface area contributed by atoms with Gasteiger partial charge in [0.15, 0.2) is 0 Å². The van der Waals surface area contributed by atoms with Gasteiger partial charge < -0.3 is 15.2 Å². The Kier molecular flexibility index (Phi) is 3.22. The lowest BCUT2D eigenvalue weighted by atomic mass is 10.2. The zero-order chi connectivity index (χ0) is 9.80. The summed E-state index contributed by atoms with van der Waals surface area (Å²) in [6.45, 7) is 3.48. The second-order valence-electron chi connectivity index (χ2n) is 4.07. The van der Waals surface area contributed by atoms with Gasteiger partial charge in [-0.1, -0.05) is 0 Å². The minimum atomic E-state index is 0.741. The monoisotopic (exact) mass is 193 g/mol. The van der Waals surface area contributed by atoms with Crippen LogP contribution in [-0.4, -0.2) is 42.6 Å². The Labute approximate surface area is 85.5 Å². The highest BCUT2D eigenvalue weighted by atomic mass is 15.2. The molecule has 1 aliphatic rings. The van der Waals surface area contributed by atoms with E-state index in [2.05, 4.69) is 34.4 Å². The van der Waals surface area contributed by atoms with E-state index in [0.29, 0.717) is 0 Å². The Balaban J connectivity index is 1.74. The SMILES string of the molecule is CN(CCc1ccc[nH]1)C1CCNC1. The molecule has 0 radical (unpaired) electrons. The zero-order valence-corrected chi connectivity index (χ0v) is 8.79. The van der Waals surface area contributed by atoms with Gasteiger partial charge in [0.1, 0.15) is 0 Å². The maximum absolute atomic E-state index is 3.40. The van der Waals surface area contributed by atoms with Gasteiger partial charge in [0.05, 0.1) is 0 Å². The van der Waals surface area contributed by atoms with Crippen molar-refractivity contribution in [2.24, 2.45) is 0 Å². The number of rotatable bonds is 4. The summed E-state index contributed by atoms with van der Waals surface area (Å²) in [4.78, 5) is 5.70. The van der Waals surface area contributed by atoms with Crippen LogP contribution in [0.2, 0.25) is 0 Å². The lowest BCUT2D eigenvalue weighted by Crippen LogP contribution is -2.34. The molecule has 0 bridgehead atoms. The molecule has 1 aromatic rings. The second kappa shape index (κ2) is 4.62. The largest absolute Gasteiger partial charge is 0.365 e. The van der Waals surface area contributed by atoms with Crippen LogP contribution in [0.3, 0.4) is 0 Å². The van der Waals surface area contributed by atoms with Gasteiger partial charge in [-0.25, -0.2) is 0 Å². The first-order chi connectivity index (χ1) is 6.86. The predicted molar refractivity (Wildman–Crippen MR) is 58.4 cm³/mol. The Hall–Kier alpha value is -0.800. The molecule has 2 rings (SSSR count). The van der Waals surface area contributed by atoms with Crippen LogP contribution in [-0.2, 0) is 6.42 Å². The molecule has 3 nitrogen and oxygen atoms in total. The molecule has 1 fully saturated rings. The van der Waals surface area contributed by atoms with Crippen molar-refractivity contribution >= 4 is 0 Å². The summed E-state index contributed by atoms with van der Waals surface area (Å²) in [5.74, 6) is 0. The molecule has 0 spiro atoms. The molecule has 1 aliphatic heterocycles. The molecule has 78 valence electrons. The van der Waals surface area contributed by atoms with Crippen molar-refractivity contribution in [1.29, 1.82) is 0 Å². The van der Waals surface area contributed by atoms with E-state index in [9.17, 15) is 0 Å². The molecule has 1 aromatic heterocycles. The summed E-state index contributed by atoms with van der Waals surface area (Å²) in [5, 5.41) is 3.40. The van der Waals surface area contributed by atoms with Crippen LogP contribution in [0.15, 0.2) is 18.3 Å². The fraction of sp³-hybridized carbons (Fsp3) is 0.636. The van der Waals surface area contributed by atoms with Crippen molar-refractivity contribution in [1.82, 2.24) is 15.2 Å². The van der Waals surface area contributed by atoms with E-state index in [-0.39, 0.29) is 0 Å². The molecule has 1 unspecified atom stereocenters. The van der Waals surface area contributed by atoms with Crippen molar-refractivity contribution in [3.05, 3.63) is 24.0 Å². The fourth-order valence-electron chi connectivity index (χ4n) is 2.02. The number of aromatic nitrogens is 1. The molecule has 3 heteroatoms. The molecule has 0 aromatic carbocycles. The standard InChI is InChI=1S/C11H19N3/c1-14(11-4-7-12-9-11)8-5-10-3-2-6-13-10/h2-3,6,11-13H,4-5,7-9H2,1H3. The third kappa shape index (κ3) is 2.36. The van der Waals surface area contributed by atoms with E-state index in [4.69, 9.17) is 0 Å². The van der Waals surface area contributed by atoms with Gasteiger partial charge in [-0.05, 0) is 32.1 Å². The number of likely N-dealkylation sites (N-methyl/N-ethyl adjacent to an activating group) is 1. The summed E-state index contributed by atoms with van der Waals surface area (Å²) in [7, 11) is 2.22. The predicted octanol–water partition coefficient (Wildman–Crippen LogP) is 0.851. The van der Waals surface area contributed by atoms with Crippen LogP contribution in [0.4, 0.5) is 0 Å². The molecule has 1 saturated heterocycles. The highest BCUT2D eigenvalue weighted by molar-refractivity contribution is 5.03. The van der Waals surface area contributed by atoms with Crippen LogP contribution in [0.25, 0.3) is 0 Å². The van der Waals surface area contributed by atoms with Gasteiger partial charge in [0.25, 0.3) is 0 Å². The minimum absolute atomic E-state index is 0.741. The highest BCUT2D eigenvalue weighted by Gasteiger charge is 2.18. The maximum Gasteiger partial charge on any atom is 0.0229 e. The van der Waals surface area contributed by atoms with E-state index in [1.54, 1.807) is 0 Å². The summed E-state index contributed by atoms with van der Waals surface area (Å²) < 4.78 is 0. The number of nitrogens with zero attached hydrogens (tertiary/aromatic N) is 1. The summed E-state index contributed by atoms with van der Waals surface area (Å²) in [5.41, 5.74) is 1.34. The third-order valence-corrected chi connectivity index (χ3v) is 3.05. The minimum Gasteiger partial charge on any atom is -0.365 e. The highest BCUT2D eigenvalue weighted by Crippen LogP contribution is 2.07. The molecule has 0 saturated carbocycles. The first kappa shape index (κ1) is 9.74. The van der Waals surface area contributed by atoms with Gasteiger partial charge in [-0.2, -0.15) is 0 Å². The van der Waals surface area contributed by atoms with Crippen LogP contribution in [0.1, 0.15) is 12.1 Å². The van der Waals surface area contributed by atoms with Crippen LogP contribution >= 0.6 is 0 Å². The summed E-state index contributed by atoms with van der Waals surface area (Å²) in [6, 6.07) is 4.96. The second-order valence-corrected chi connectivity index (χ2v) is 4.07. The van der Waals surface area contributed by atoms with E-state index in [1.165, 1.54) is 18.7 Å². The van der Waals surface area contributed by atoms with Gasteiger partial charge in [-0.3, -0.25) is 0 Å². The quantitative estimate of drug-likeness (QED) is 0.743. The Morgan fingerprint density at radius 2 is 2.50 bits per heavy atom. The number of nitrogens with one attached hydrogen (secondary N) is 2. The van der Waals surface area contributed by atoms with Crippen LogP contribution in [0.5, 0.6) is 0 Å². The van der Waals surface area contributed by atoms with Crippen molar-refractivity contribution < 1.29 is 0 Å². The molecular formula is C11H19N3. The van der Waals surface area contributed by atoms with Gasteiger partial charge in [0, 0.05) is 37.4 Å². The molecular weight excluding hydrogens is 174 g/mol. The first-order valence-electron chi connectivity index (χ1n) is 5.39. The Morgan fingerprint density at radius 3 is 3.14 bits per heavy atom. The topological polar surface area (TPSA) is 31.1 Å². The van der Waals surface area contributed by atoms with E-state index in [0.717, 1.165) is 25.6 Å². The van der Waals surface area contributed by atoms with Gasteiger partial charge in [-0.15, -0.1) is 0 Å². The normalized spacial score (nSPS) is 22.0. The summed E-state index contributed by atoms with van der Waals surface area (Å²) >= 11 is 0. The smallest absolute Gasteiger partial charge is 0.0229 e. The molecule has 2 heterocycles. The number of hydrogen-bond donors (Lipinski definition) is 2. The molecule has 0 aliphatic carbocycles. The first-order valence-corrected chi connectivity index (χ1v) is 5.39. The lowest BCUT2D eigenvalue weighted by Gasteiger charge is -2.22. The number of H-pyrrole nitrogens is 1. The lowest BCUT2D eigenvalue weighted by molar-refractivity contribution is 0.259. The Bertz CT molecular complexity index is 250. The average molecular weight is 193 g/mol. The molecule has 2 N–H and O–H groups in total. The van der Waals surface area contributed by atoms with Gasteiger partial charge >= 0.3 is 0 Å². The van der Waals surface area contributed by atoms with Crippen LogP contribution in [0, 0.1) is 0 Å². The zero-order valence-electron chi connectivity index (χ0n) is 8.79. The van der Waals surface area contributed by atoms with Crippen molar-refractivity contribution in [3.63, 3.8) is 0 Å². The maximum atomic E-state index is 3.40. The summed E-state index contributed by atoms with van der Waals surface area (Å²) in [6.07, 6.45) is 4.41. The fourth-order valence-corrected chi connectivity index (χ4v) is 2.02. The molecule has 14 heavy (non-hydrogen) atoms. The van der Waals surface area contributed by atoms with Crippen molar-refractivity contribution in [2.45, 2.75) is 18.9 Å². The third-order valence-electron chi connectivity index (χ3n) is 3.05. The van der Waals surface area contributed by atoms with E-state index in [1.807, 2.05) is 6.20 Å². The molecule has 0 amide bonds. The van der Waals surface area contributed by atoms with Crippen molar-refractivity contribution in [2.75, 3.05) is 26.7 Å². The molecule has 1 atom stereocenters. The Morgan fingerprint density at radius 1 is 1.57 bits per heavy atom. The van der Waals surface area contributed by atoms with Gasteiger partial charge in [0.2, 0.25) is 0 Å². The van der Waals surface area contributed by atoms with Crippen LogP contribution < -0.4 is 5.32 Å². The van der Waals surface area contributed by atoms with E-state index >= 15 is 0 Å². The van der Waals surface area contributed by atoms with E-state index < -0.39 is 0 Å². The van der Waals surface area contributed by atoms with Crippen molar-refractivity contribution in [3.8, 4) is 0 Å². The number of hydrogen-bond acceptors (Lipinski definition) is 2. The number of aromatic amines is 1.